The molecular weight excluding hydrogens is 411 g/mol. The molecule has 0 amide bonds. The second-order valence-electron chi connectivity index (χ2n) is 6.54. The minimum Gasteiger partial charge on any atom is -0.481 e. The molecule has 0 unspecified atom stereocenters. The van der Waals surface area contributed by atoms with Gasteiger partial charge in [-0.25, -0.2) is 0 Å². The maximum Gasteiger partial charge on any atom is 0.307 e. The summed E-state index contributed by atoms with van der Waals surface area (Å²) in [4.78, 5) is 24.5. The van der Waals surface area contributed by atoms with Gasteiger partial charge in [-0.15, -0.1) is 0 Å². The first-order valence-corrected chi connectivity index (χ1v) is 9.51. The molecule has 3 aromatic carbocycles. The van der Waals surface area contributed by atoms with Crippen LogP contribution in [0.5, 0.6) is 0 Å². The van der Waals surface area contributed by atoms with Gasteiger partial charge in [-0.05, 0) is 41.5 Å². The van der Waals surface area contributed by atoms with E-state index >= 15 is 0 Å². The number of rotatable bonds is 5. The Morgan fingerprint density at radius 2 is 1.59 bits per heavy atom. The van der Waals surface area contributed by atoms with Crippen LogP contribution in [-0.4, -0.2) is 16.9 Å². The predicted molar refractivity (Wildman–Crippen MR) is 113 cm³/mol. The van der Waals surface area contributed by atoms with Crippen molar-refractivity contribution in [3.05, 3.63) is 93.7 Å². The topological polar surface area (TPSA) is 67.5 Å². The van der Waals surface area contributed by atoms with Crippen molar-refractivity contribution in [1.82, 2.24) is 0 Å². The van der Waals surface area contributed by atoms with Gasteiger partial charge in [-0.1, -0.05) is 59.6 Å². The number of aliphatic carboxylic acids is 1. The summed E-state index contributed by atoms with van der Waals surface area (Å²) < 4.78 is 5.74. The lowest BCUT2D eigenvalue weighted by molar-refractivity contribution is -0.136. The lowest BCUT2D eigenvalue weighted by atomic mass is 9.98. The highest BCUT2D eigenvalue weighted by molar-refractivity contribution is 6.35. The van der Waals surface area contributed by atoms with Crippen molar-refractivity contribution in [2.45, 2.75) is 6.42 Å². The monoisotopic (exact) mass is 424 g/mol. The average molecular weight is 425 g/mol. The zero-order valence-corrected chi connectivity index (χ0v) is 16.5. The number of hydrogen-bond acceptors (Lipinski definition) is 3. The fraction of sp³-hybridized carbons (Fsp3) is 0.0435. The van der Waals surface area contributed by atoms with Crippen LogP contribution in [0.4, 0.5) is 0 Å². The number of carbonyl (C=O) groups excluding carboxylic acids is 1. The molecule has 6 heteroatoms. The molecule has 0 bridgehead atoms. The van der Waals surface area contributed by atoms with E-state index in [1.807, 2.05) is 6.07 Å². The van der Waals surface area contributed by atoms with Gasteiger partial charge in [-0.3, -0.25) is 9.59 Å². The van der Waals surface area contributed by atoms with Crippen LogP contribution >= 0.6 is 23.2 Å². The Hall–Kier alpha value is -3.08. The van der Waals surface area contributed by atoms with Crippen LogP contribution in [0.2, 0.25) is 10.0 Å². The van der Waals surface area contributed by atoms with Crippen molar-refractivity contribution in [3.8, 4) is 11.1 Å². The first-order chi connectivity index (χ1) is 13.9. The van der Waals surface area contributed by atoms with Gasteiger partial charge in [0.05, 0.1) is 6.42 Å². The number of fused-ring (bicyclic) bond motifs is 1. The van der Waals surface area contributed by atoms with Crippen LogP contribution in [-0.2, 0) is 11.2 Å². The maximum absolute atomic E-state index is 13.2. The number of ketones is 1. The number of carboxylic acids is 1. The number of hydrogen-bond donors (Lipinski definition) is 1. The first kappa shape index (κ1) is 19.2. The molecule has 0 atom stereocenters. The number of para-hydroxylation sites is 1. The normalized spacial score (nSPS) is 11.0. The molecule has 144 valence electrons. The molecule has 0 fully saturated rings. The van der Waals surface area contributed by atoms with Gasteiger partial charge < -0.3 is 9.52 Å². The van der Waals surface area contributed by atoms with Crippen LogP contribution < -0.4 is 0 Å². The van der Waals surface area contributed by atoms with Crippen molar-refractivity contribution in [2.75, 3.05) is 0 Å². The molecule has 0 saturated carbocycles. The summed E-state index contributed by atoms with van der Waals surface area (Å²) >= 11 is 12.2. The molecule has 1 heterocycles. The van der Waals surface area contributed by atoms with Crippen molar-refractivity contribution in [1.29, 1.82) is 0 Å². The maximum atomic E-state index is 13.2. The number of benzene rings is 3. The van der Waals surface area contributed by atoms with Crippen LogP contribution in [0.15, 0.2) is 71.1 Å². The molecule has 0 aliphatic rings. The van der Waals surface area contributed by atoms with Crippen LogP contribution in [0, 0.1) is 0 Å². The summed E-state index contributed by atoms with van der Waals surface area (Å²) in [5.41, 5.74) is 2.76. The second-order valence-corrected chi connectivity index (χ2v) is 7.42. The highest BCUT2D eigenvalue weighted by Crippen LogP contribution is 2.31. The van der Waals surface area contributed by atoms with Gasteiger partial charge in [0.15, 0.2) is 5.76 Å². The molecule has 0 spiro atoms. The van der Waals surface area contributed by atoms with E-state index < -0.39 is 5.97 Å². The van der Waals surface area contributed by atoms with E-state index in [1.54, 1.807) is 60.7 Å². The van der Waals surface area contributed by atoms with Crippen LogP contribution in [0.25, 0.3) is 22.1 Å². The quantitative estimate of drug-likeness (QED) is 0.383. The zero-order chi connectivity index (χ0) is 20.5. The Labute approximate surface area is 176 Å². The van der Waals surface area contributed by atoms with Gasteiger partial charge in [0, 0.05) is 26.6 Å². The van der Waals surface area contributed by atoms with E-state index in [-0.39, 0.29) is 18.0 Å². The molecule has 1 aromatic heterocycles. The summed E-state index contributed by atoms with van der Waals surface area (Å²) in [5.74, 6) is -1.38. The third kappa shape index (κ3) is 3.90. The van der Waals surface area contributed by atoms with Crippen LogP contribution in [0.1, 0.15) is 21.7 Å². The highest BCUT2D eigenvalue weighted by atomic mass is 35.5. The fourth-order valence-electron chi connectivity index (χ4n) is 3.30. The molecule has 0 aliphatic heterocycles. The Kier molecular flexibility index (Phi) is 5.14. The van der Waals surface area contributed by atoms with Gasteiger partial charge in [0.2, 0.25) is 5.78 Å². The van der Waals surface area contributed by atoms with E-state index in [0.717, 1.165) is 11.1 Å². The van der Waals surface area contributed by atoms with E-state index in [2.05, 4.69) is 0 Å². The van der Waals surface area contributed by atoms with Gasteiger partial charge in [0.25, 0.3) is 0 Å². The van der Waals surface area contributed by atoms with E-state index in [4.69, 9.17) is 27.6 Å². The molecule has 4 nitrogen and oxygen atoms in total. The number of carboxylic acid groups (broad SMARTS) is 1. The third-order valence-electron chi connectivity index (χ3n) is 4.55. The highest BCUT2D eigenvalue weighted by Gasteiger charge is 2.23. The molecule has 1 N–H and O–H groups in total. The molecule has 29 heavy (non-hydrogen) atoms. The Morgan fingerprint density at radius 3 is 2.31 bits per heavy atom. The standard InChI is InChI=1S/C23H14Cl2O4/c24-16-9-15(10-17(25)11-16)13-4-3-5-14(8-13)22(28)23-19(12-21(26)27)18-6-1-2-7-20(18)29-23/h1-11H,12H2,(H,26,27). The van der Waals surface area contributed by atoms with Crippen molar-refractivity contribution in [2.24, 2.45) is 0 Å². The Balaban J connectivity index is 1.80. The second kappa shape index (κ2) is 7.74. The van der Waals surface area contributed by atoms with Gasteiger partial charge in [0.1, 0.15) is 5.58 Å². The lowest BCUT2D eigenvalue weighted by Gasteiger charge is -2.06. The minimum absolute atomic E-state index is 0.0369. The molecule has 4 aromatic rings. The average Bonchev–Trinajstić information content (AvgIpc) is 3.05. The van der Waals surface area contributed by atoms with Crippen molar-refractivity contribution >= 4 is 45.9 Å². The molecular formula is C23H14Cl2O4. The Morgan fingerprint density at radius 1 is 0.862 bits per heavy atom. The minimum atomic E-state index is -1.03. The molecule has 0 radical (unpaired) electrons. The van der Waals surface area contributed by atoms with Gasteiger partial charge >= 0.3 is 5.97 Å². The zero-order valence-electron chi connectivity index (χ0n) is 15.0. The van der Waals surface area contributed by atoms with Crippen molar-refractivity contribution in [3.63, 3.8) is 0 Å². The van der Waals surface area contributed by atoms with Crippen molar-refractivity contribution < 1.29 is 19.1 Å². The third-order valence-corrected chi connectivity index (χ3v) is 4.99. The summed E-state index contributed by atoms with van der Waals surface area (Å²) in [6.07, 6.45) is -0.304. The largest absolute Gasteiger partial charge is 0.481 e. The summed E-state index contributed by atoms with van der Waals surface area (Å²) in [6, 6.07) is 19.1. The molecule has 4 rings (SSSR count). The SMILES string of the molecule is O=C(O)Cc1c(C(=O)c2cccc(-c3cc(Cl)cc(Cl)c3)c2)oc2ccccc12. The predicted octanol–water partition coefficient (Wildman–Crippen LogP) is 6.26. The molecule has 0 saturated heterocycles. The number of carbonyl (C=O) groups is 2. The summed E-state index contributed by atoms with van der Waals surface area (Å²) in [7, 11) is 0. The number of furan rings is 1. The Bertz CT molecular complexity index is 1240. The molecule has 0 aliphatic carbocycles. The number of halogens is 2. The summed E-state index contributed by atoms with van der Waals surface area (Å²) in [6.45, 7) is 0. The fourth-order valence-corrected chi connectivity index (χ4v) is 3.83. The lowest BCUT2D eigenvalue weighted by Crippen LogP contribution is -2.07. The first-order valence-electron chi connectivity index (χ1n) is 8.76. The van der Waals surface area contributed by atoms with Crippen LogP contribution in [0.3, 0.4) is 0 Å². The smallest absolute Gasteiger partial charge is 0.307 e. The summed E-state index contributed by atoms with van der Waals surface area (Å²) in [5, 5.41) is 10.9. The van der Waals surface area contributed by atoms with Gasteiger partial charge in [-0.2, -0.15) is 0 Å². The van der Waals surface area contributed by atoms with E-state index in [9.17, 15) is 14.7 Å². The van der Waals surface area contributed by atoms with E-state index in [1.165, 1.54) is 0 Å². The van der Waals surface area contributed by atoms with E-state index in [0.29, 0.717) is 32.1 Å².